The molecule has 0 unspecified atom stereocenters. The predicted molar refractivity (Wildman–Crippen MR) is 76.1 cm³/mol. The molecule has 0 aliphatic heterocycles. The van der Waals surface area contributed by atoms with Gasteiger partial charge in [0.15, 0.2) is 0 Å². The van der Waals surface area contributed by atoms with E-state index in [1.54, 1.807) is 0 Å². The molecule has 0 radical (unpaired) electrons. The molecule has 0 fully saturated rings. The van der Waals surface area contributed by atoms with E-state index in [2.05, 4.69) is 0 Å². The van der Waals surface area contributed by atoms with Crippen LogP contribution in [0.3, 0.4) is 0 Å². The van der Waals surface area contributed by atoms with Crippen LogP contribution in [0.2, 0.25) is 5.02 Å². The lowest BCUT2D eigenvalue weighted by Crippen LogP contribution is -2.33. The van der Waals surface area contributed by atoms with E-state index in [0.717, 1.165) is 18.2 Å². The summed E-state index contributed by atoms with van der Waals surface area (Å²) in [6, 6.07) is 2.97. The molecule has 9 nitrogen and oxygen atoms in total. The van der Waals surface area contributed by atoms with E-state index >= 15 is 0 Å². The maximum atomic E-state index is 11.9. The normalized spacial score (nSPS) is 12.3. The van der Waals surface area contributed by atoms with Gasteiger partial charge in [-0.15, -0.1) is 0 Å². The summed E-state index contributed by atoms with van der Waals surface area (Å²) in [7, 11) is -6.43. The Hall–Kier alpha value is -1.27. The molecule has 1 rings (SSSR count). The third kappa shape index (κ3) is 4.89. The Balaban J connectivity index is 2.94. The van der Waals surface area contributed by atoms with Gasteiger partial charge in [0.2, 0.25) is 20.0 Å². The van der Waals surface area contributed by atoms with Crippen molar-refractivity contribution in [2.45, 2.75) is 4.90 Å². The van der Waals surface area contributed by atoms with Crippen LogP contribution >= 0.6 is 11.6 Å². The maximum Gasteiger partial charge on any atom is 0.289 e. The Morgan fingerprint density at radius 3 is 2.43 bits per heavy atom. The zero-order valence-corrected chi connectivity index (χ0v) is 13.1. The minimum atomic E-state index is -4.07. The summed E-state index contributed by atoms with van der Waals surface area (Å²) in [5.74, 6) is -0.460. The lowest BCUT2D eigenvalue weighted by atomic mass is 10.3. The minimum Gasteiger partial charge on any atom is -0.258 e. The second-order valence-corrected chi connectivity index (χ2v) is 8.01. The number of hydrogen-bond acceptors (Lipinski definition) is 6. The molecular formula is C9H12ClN3O6S2. The summed E-state index contributed by atoms with van der Waals surface area (Å²) in [5.41, 5.74) is -0.553. The van der Waals surface area contributed by atoms with Crippen LogP contribution in [0.1, 0.15) is 0 Å². The molecule has 0 atom stereocenters. The highest BCUT2D eigenvalue weighted by molar-refractivity contribution is 7.90. The summed E-state index contributed by atoms with van der Waals surface area (Å²) in [4.78, 5) is 9.52. The number of nitro benzene ring substituents is 1. The summed E-state index contributed by atoms with van der Waals surface area (Å²) in [5, 5.41) is 10.5. The van der Waals surface area contributed by atoms with Crippen LogP contribution in [0.15, 0.2) is 23.1 Å². The fourth-order valence-corrected chi connectivity index (χ4v) is 3.24. The largest absolute Gasteiger partial charge is 0.289 e. The van der Waals surface area contributed by atoms with Crippen LogP contribution in [0.5, 0.6) is 0 Å². The van der Waals surface area contributed by atoms with E-state index in [4.69, 9.17) is 11.6 Å². The number of halogens is 1. The molecule has 21 heavy (non-hydrogen) atoms. The van der Waals surface area contributed by atoms with E-state index in [0.29, 0.717) is 0 Å². The number of benzene rings is 1. The second kappa shape index (κ2) is 6.66. The maximum absolute atomic E-state index is 11.9. The molecule has 12 heteroatoms. The zero-order valence-electron chi connectivity index (χ0n) is 10.7. The predicted octanol–water partition coefficient (Wildman–Crippen LogP) is 0.0757. The van der Waals surface area contributed by atoms with Gasteiger partial charge in [-0.1, -0.05) is 11.6 Å². The summed E-state index contributed by atoms with van der Waals surface area (Å²) in [6.45, 7) is -0.373. The first-order valence-electron chi connectivity index (χ1n) is 5.44. The lowest BCUT2D eigenvalue weighted by Gasteiger charge is -2.07. The topological polar surface area (TPSA) is 135 Å². The van der Waals surface area contributed by atoms with E-state index in [1.165, 1.54) is 7.05 Å². The number of nitrogens with zero attached hydrogens (tertiary/aromatic N) is 1. The molecular weight excluding hydrogens is 346 g/mol. The lowest BCUT2D eigenvalue weighted by molar-refractivity contribution is -0.384. The smallest absolute Gasteiger partial charge is 0.258 e. The molecule has 1 aromatic rings. The zero-order chi connectivity index (χ0) is 16.3. The van der Waals surface area contributed by atoms with Crippen LogP contribution in [0, 0.1) is 10.1 Å². The van der Waals surface area contributed by atoms with Crippen LogP contribution in [-0.4, -0.2) is 41.1 Å². The molecule has 0 aliphatic carbocycles. The molecule has 0 heterocycles. The number of nitro groups is 1. The van der Waals surface area contributed by atoms with Gasteiger partial charge in [0, 0.05) is 12.6 Å². The van der Waals surface area contributed by atoms with E-state index in [1.807, 2.05) is 9.44 Å². The van der Waals surface area contributed by atoms with Crippen molar-refractivity contribution < 1.29 is 21.8 Å². The van der Waals surface area contributed by atoms with Crippen molar-refractivity contribution in [3.63, 3.8) is 0 Å². The number of nitrogens with one attached hydrogen (secondary N) is 2. The molecule has 118 valence electrons. The van der Waals surface area contributed by atoms with Gasteiger partial charge in [-0.2, -0.15) is 0 Å². The Morgan fingerprint density at radius 2 is 1.90 bits per heavy atom. The Bertz CT molecular complexity index is 747. The molecule has 0 aliphatic rings. The average molecular weight is 358 g/mol. The van der Waals surface area contributed by atoms with Crippen LogP contribution < -0.4 is 9.44 Å². The third-order valence-corrected chi connectivity index (χ3v) is 5.54. The first-order valence-corrected chi connectivity index (χ1v) is 8.95. The van der Waals surface area contributed by atoms with Gasteiger partial charge in [-0.05, 0) is 19.2 Å². The van der Waals surface area contributed by atoms with Gasteiger partial charge < -0.3 is 0 Å². The molecule has 1 aromatic carbocycles. The fraction of sp³-hybridized carbons (Fsp3) is 0.333. The van der Waals surface area contributed by atoms with Crippen LogP contribution in [0.4, 0.5) is 5.69 Å². The van der Waals surface area contributed by atoms with Crippen LogP contribution in [-0.2, 0) is 20.0 Å². The molecule has 0 saturated carbocycles. The number of sulfonamides is 2. The van der Waals surface area contributed by atoms with E-state index in [9.17, 15) is 26.9 Å². The van der Waals surface area contributed by atoms with Crippen molar-refractivity contribution in [1.82, 2.24) is 9.44 Å². The monoisotopic (exact) mass is 357 g/mol. The minimum absolute atomic E-state index is 0.197. The molecule has 0 bridgehead atoms. The highest BCUT2D eigenvalue weighted by Crippen LogP contribution is 2.26. The SMILES string of the molecule is CNS(=O)(=O)CCNS(=O)(=O)c1ccc(Cl)c([N+](=O)[O-])c1. The van der Waals surface area contributed by atoms with Gasteiger partial charge in [-0.3, -0.25) is 10.1 Å². The number of rotatable bonds is 7. The average Bonchev–Trinajstić information content (AvgIpc) is 2.38. The van der Waals surface area contributed by atoms with Gasteiger partial charge in [0.1, 0.15) is 5.02 Å². The number of hydrogen-bond donors (Lipinski definition) is 2. The van der Waals surface area contributed by atoms with Gasteiger partial charge in [0.05, 0.1) is 15.6 Å². The molecule has 0 saturated heterocycles. The second-order valence-electron chi connectivity index (χ2n) is 3.79. The van der Waals surface area contributed by atoms with Gasteiger partial charge >= 0.3 is 0 Å². The molecule has 0 spiro atoms. The van der Waals surface area contributed by atoms with E-state index < -0.39 is 36.4 Å². The van der Waals surface area contributed by atoms with E-state index in [-0.39, 0.29) is 16.5 Å². The van der Waals surface area contributed by atoms with Crippen molar-refractivity contribution in [3.05, 3.63) is 33.3 Å². The van der Waals surface area contributed by atoms with Crippen molar-refractivity contribution >= 4 is 37.3 Å². The Kier molecular flexibility index (Phi) is 5.64. The highest BCUT2D eigenvalue weighted by atomic mass is 35.5. The molecule has 2 N–H and O–H groups in total. The molecule has 0 amide bonds. The third-order valence-electron chi connectivity index (χ3n) is 2.40. The van der Waals surface area contributed by atoms with Crippen molar-refractivity contribution in [3.8, 4) is 0 Å². The summed E-state index contributed by atoms with van der Waals surface area (Å²) >= 11 is 5.58. The van der Waals surface area contributed by atoms with Gasteiger partial charge in [0.25, 0.3) is 5.69 Å². The first kappa shape index (κ1) is 17.8. The summed E-state index contributed by atoms with van der Waals surface area (Å²) < 4.78 is 50.2. The van der Waals surface area contributed by atoms with Gasteiger partial charge in [-0.25, -0.2) is 26.3 Å². The van der Waals surface area contributed by atoms with Crippen molar-refractivity contribution in [1.29, 1.82) is 0 Å². The highest BCUT2D eigenvalue weighted by Gasteiger charge is 2.21. The first-order chi connectivity index (χ1) is 9.59. The summed E-state index contributed by atoms with van der Waals surface area (Å²) in [6.07, 6.45) is 0. The van der Waals surface area contributed by atoms with Crippen LogP contribution in [0.25, 0.3) is 0 Å². The quantitative estimate of drug-likeness (QED) is 0.523. The standard InChI is InChI=1S/C9H12ClN3O6S2/c1-11-20(16,17)5-4-12-21(18,19)7-2-3-8(10)9(6-7)13(14)15/h2-3,6,11-12H,4-5H2,1H3. The Labute approximate surface area is 126 Å². The van der Waals surface area contributed by atoms with Crippen molar-refractivity contribution in [2.24, 2.45) is 0 Å². The van der Waals surface area contributed by atoms with Crippen molar-refractivity contribution in [2.75, 3.05) is 19.3 Å². The fourth-order valence-electron chi connectivity index (χ4n) is 1.30. The Morgan fingerprint density at radius 1 is 1.29 bits per heavy atom. The molecule has 0 aromatic heterocycles.